The molecule has 0 fully saturated rings. The first-order chi connectivity index (χ1) is 8.65. The molecule has 0 saturated heterocycles. The van der Waals surface area contributed by atoms with E-state index in [1.807, 2.05) is 13.1 Å². The minimum absolute atomic E-state index is 0.109. The summed E-state index contributed by atoms with van der Waals surface area (Å²) in [6, 6.07) is 3.37. The zero-order valence-corrected chi connectivity index (χ0v) is 11.5. The zero-order chi connectivity index (χ0) is 13.0. The molecule has 1 N–H and O–H groups in total. The SMILES string of the molecule is Cc1cnn(CCNC(=O)c2ccnc(Br)c2)c1. The van der Waals surface area contributed by atoms with Crippen LogP contribution in [0.3, 0.4) is 0 Å². The van der Waals surface area contributed by atoms with Gasteiger partial charge in [0.05, 0.1) is 12.7 Å². The molecule has 0 atom stereocenters. The van der Waals surface area contributed by atoms with Gasteiger partial charge in [-0.05, 0) is 40.5 Å². The van der Waals surface area contributed by atoms with E-state index in [9.17, 15) is 4.79 Å². The molecule has 94 valence electrons. The summed E-state index contributed by atoms with van der Waals surface area (Å²) in [5.41, 5.74) is 1.70. The van der Waals surface area contributed by atoms with Gasteiger partial charge in [-0.3, -0.25) is 9.48 Å². The third kappa shape index (κ3) is 3.40. The Morgan fingerprint density at radius 3 is 3.06 bits per heavy atom. The Kier molecular flexibility index (Phi) is 4.09. The van der Waals surface area contributed by atoms with Crippen molar-refractivity contribution in [3.05, 3.63) is 46.5 Å². The van der Waals surface area contributed by atoms with Crippen molar-refractivity contribution in [2.45, 2.75) is 13.5 Å². The highest BCUT2D eigenvalue weighted by Gasteiger charge is 2.05. The Morgan fingerprint density at radius 1 is 1.56 bits per heavy atom. The van der Waals surface area contributed by atoms with E-state index in [-0.39, 0.29) is 5.91 Å². The van der Waals surface area contributed by atoms with Crippen LogP contribution in [0.4, 0.5) is 0 Å². The first-order valence-corrected chi connectivity index (χ1v) is 6.33. The number of carbonyl (C=O) groups excluding carboxylic acids is 1. The molecule has 0 spiro atoms. The molecule has 2 aromatic rings. The molecular weight excluding hydrogens is 296 g/mol. The molecule has 2 rings (SSSR count). The van der Waals surface area contributed by atoms with Gasteiger partial charge in [-0.15, -0.1) is 0 Å². The lowest BCUT2D eigenvalue weighted by Crippen LogP contribution is -2.27. The van der Waals surface area contributed by atoms with Crippen molar-refractivity contribution in [1.82, 2.24) is 20.1 Å². The molecule has 0 saturated carbocycles. The third-order valence-electron chi connectivity index (χ3n) is 2.38. The summed E-state index contributed by atoms with van der Waals surface area (Å²) in [6.07, 6.45) is 5.33. The molecule has 0 aliphatic rings. The number of nitrogens with one attached hydrogen (secondary N) is 1. The van der Waals surface area contributed by atoms with Crippen LogP contribution in [-0.4, -0.2) is 27.2 Å². The predicted molar refractivity (Wildman–Crippen MR) is 71.2 cm³/mol. The second-order valence-electron chi connectivity index (χ2n) is 3.90. The first kappa shape index (κ1) is 12.8. The molecule has 18 heavy (non-hydrogen) atoms. The molecule has 0 radical (unpaired) electrons. The molecule has 0 aromatic carbocycles. The average Bonchev–Trinajstić information content (AvgIpc) is 2.75. The van der Waals surface area contributed by atoms with Crippen LogP contribution in [-0.2, 0) is 6.54 Å². The number of halogens is 1. The van der Waals surface area contributed by atoms with Crippen molar-refractivity contribution in [1.29, 1.82) is 0 Å². The molecule has 6 heteroatoms. The van der Waals surface area contributed by atoms with E-state index in [1.165, 1.54) is 0 Å². The fraction of sp³-hybridized carbons (Fsp3) is 0.250. The Hall–Kier alpha value is -1.69. The number of rotatable bonds is 4. The minimum Gasteiger partial charge on any atom is -0.350 e. The van der Waals surface area contributed by atoms with Gasteiger partial charge in [0.1, 0.15) is 4.60 Å². The number of pyridine rings is 1. The van der Waals surface area contributed by atoms with Gasteiger partial charge in [0, 0.05) is 24.5 Å². The van der Waals surface area contributed by atoms with Gasteiger partial charge in [-0.1, -0.05) is 0 Å². The van der Waals surface area contributed by atoms with Crippen LogP contribution in [0.5, 0.6) is 0 Å². The highest BCUT2D eigenvalue weighted by atomic mass is 79.9. The molecule has 0 bridgehead atoms. The maximum absolute atomic E-state index is 11.8. The van der Waals surface area contributed by atoms with E-state index in [4.69, 9.17) is 0 Å². The summed E-state index contributed by atoms with van der Waals surface area (Å²) in [7, 11) is 0. The lowest BCUT2D eigenvalue weighted by Gasteiger charge is -2.05. The van der Waals surface area contributed by atoms with Gasteiger partial charge in [-0.25, -0.2) is 4.98 Å². The first-order valence-electron chi connectivity index (χ1n) is 5.54. The summed E-state index contributed by atoms with van der Waals surface area (Å²) in [5.74, 6) is -0.109. The molecule has 1 amide bonds. The molecule has 0 unspecified atom stereocenters. The van der Waals surface area contributed by atoms with Crippen molar-refractivity contribution in [2.75, 3.05) is 6.54 Å². The number of hydrogen-bond acceptors (Lipinski definition) is 3. The highest BCUT2D eigenvalue weighted by Crippen LogP contribution is 2.07. The van der Waals surface area contributed by atoms with Crippen molar-refractivity contribution >= 4 is 21.8 Å². The van der Waals surface area contributed by atoms with Crippen LogP contribution in [0.25, 0.3) is 0 Å². The van der Waals surface area contributed by atoms with E-state index in [2.05, 4.69) is 31.3 Å². The summed E-state index contributed by atoms with van der Waals surface area (Å²) in [5, 5.41) is 6.98. The average molecular weight is 309 g/mol. The van der Waals surface area contributed by atoms with Crippen molar-refractivity contribution in [2.24, 2.45) is 0 Å². The molecule has 2 aromatic heterocycles. The summed E-state index contributed by atoms with van der Waals surface area (Å²) in [4.78, 5) is 15.8. The maximum atomic E-state index is 11.8. The van der Waals surface area contributed by atoms with Gasteiger partial charge >= 0.3 is 0 Å². The number of aryl methyl sites for hydroxylation is 1. The molecular formula is C12H13BrN4O. The third-order valence-corrected chi connectivity index (χ3v) is 2.81. The van der Waals surface area contributed by atoms with Crippen molar-refractivity contribution < 1.29 is 4.79 Å². The molecule has 0 aliphatic carbocycles. The van der Waals surface area contributed by atoms with Crippen LogP contribution in [0.2, 0.25) is 0 Å². The van der Waals surface area contributed by atoms with Crippen LogP contribution >= 0.6 is 15.9 Å². The number of hydrogen-bond donors (Lipinski definition) is 1. The van der Waals surface area contributed by atoms with Gasteiger partial charge in [0.2, 0.25) is 0 Å². The number of amides is 1. The van der Waals surface area contributed by atoms with Crippen LogP contribution in [0.15, 0.2) is 35.3 Å². The molecule has 0 aliphatic heterocycles. The van der Waals surface area contributed by atoms with Gasteiger partial charge in [0.25, 0.3) is 5.91 Å². The summed E-state index contributed by atoms with van der Waals surface area (Å²) >= 11 is 3.23. The number of nitrogens with zero attached hydrogens (tertiary/aromatic N) is 3. The van der Waals surface area contributed by atoms with E-state index in [0.29, 0.717) is 23.3 Å². The van der Waals surface area contributed by atoms with E-state index < -0.39 is 0 Å². The Bertz CT molecular complexity index is 553. The Morgan fingerprint density at radius 2 is 2.39 bits per heavy atom. The van der Waals surface area contributed by atoms with Crippen LogP contribution in [0.1, 0.15) is 15.9 Å². The zero-order valence-electron chi connectivity index (χ0n) is 9.93. The van der Waals surface area contributed by atoms with Gasteiger partial charge in [-0.2, -0.15) is 5.10 Å². The standard InChI is InChI=1S/C12H13BrN4O/c1-9-7-16-17(8-9)5-4-15-12(18)10-2-3-14-11(13)6-10/h2-3,6-8H,4-5H2,1H3,(H,15,18). The van der Waals surface area contributed by atoms with E-state index >= 15 is 0 Å². The van der Waals surface area contributed by atoms with Crippen LogP contribution in [0, 0.1) is 6.92 Å². The lowest BCUT2D eigenvalue weighted by molar-refractivity contribution is 0.0951. The fourth-order valence-electron chi connectivity index (χ4n) is 1.52. The second kappa shape index (κ2) is 5.77. The molecule has 5 nitrogen and oxygen atoms in total. The van der Waals surface area contributed by atoms with Crippen LogP contribution < -0.4 is 5.32 Å². The quantitative estimate of drug-likeness (QED) is 0.876. The number of aromatic nitrogens is 3. The van der Waals surface area contributed by atoms with Crippen molar-refractivity contribution in [3.8, 4) is 0 Å². The lowest BCUT2D eigenvalue weighted by atomic mass is 10.2. The van der Waals surface area contributed by atoms with Gasteiger partial charge < -0.3 is 5.32 Å². The fourth-order valence-corrected chi connectivity index (χ4v) is 1.88. The Labute approximate surface area is 113 Å². The summed E-state index contributed by atoms with van der Waals surface area (Å²) < 4.78 is 2.45. The highest BCUT2D eigenvalue weighted by molar-refractivity contribution is 9.10. The predicted octanol–water partition coefficient (Wildman–Crippen LogP) is 1.78. The van der Waals surface area contributed by atoms with Gasteiger partial charge in [0.15, 0.2) is 0 Å². The molecule has 2 heterocycles. The minimum atomic E-state index is -0.109. The van der Waals surface area contributed by atoms with Crippen molar-refractivity contribution in [3.63, 3.8) is 0 Å². The number of carbonyl (C=O) groups is 1. The maximum Gasteiger partial charge on any atom is 0.251 e. The second-order valence-corrected chi connectivity index (χ2v) is 4.72. The van der Waals surface area contributed by atoms with E-state index in [1.54, 1.807) is 29.2 Å². The Balaban J connectivity index is 1.85. The summed E-state index contributed by atoms with van der Waals surface area (Å²) in [6.45, 7) is 3.18. The smallest absolute Gasteiger partial charge is 0.251 e. The topological polar surface area (TPSA) is 59.8 Å². The monoisotopic (exact) mass is 308 g/mol. The van der Waals surface area contributed by atoms with E-state index in [0.717, 1.165) is 5.56 Å². The normalized spacial score (nSPS) is 10.3. The largest absolute Gasteiger partial charge is 0.350 e.